The zero-order valence-electron chi connectivity index (χ0n) is 13.6. The second kappa shape index (κ2) is 7.00. The van der Waals surface area contributed by atoms with Gasteiger partial charge in [0, 0.05) is 17.5 Å². The SMILES string of the molecule is Cc1ccnn1-c1ccc(C(=O)O[C@H](C(N)=O)c2ccccc2)cc1. The first-order chi connectivity index (χ1) is 12.1. The Morgan fingerprint density at radius 1 is 1.04 bits per heavy atom. The molecule has 0 fully saturated rings. The molecule has 0 saturated heterocycles. The van der Waals surface area contributed by atoms with Crippen LogP contribution < -0.4 is 5.73 Å². The van der Waals surface area contributed by atoms with Crippen molar-refractivity contribution in [2.45, 2.75) is 13.0 Å². The summed E-state index contributed by atoms with van der Waals surface area (Å²) >= 11 is 0. The zero-order valence-corrected chi connectivity index (χ0v) is 13.6. The predicted molar refractivity (Wildman–Crippen MR) is 92.1 cm³/mol. The van der Waals surface area contributed by atoms with Gasteiger partial charge in [-0.25, -0.2) is 9.48 Å². The molecular weight excluding hydrogens is 318 g/mol. The Morgan fingerprint density at radius 3 is 2.28 bits per heavy atom. The molecule has 1 amide bonds. The van der Waals surface area contributed by atoms with Gasteiger partial charge in [0.15, 0.2) is 0 Å². The lowest BCUT2D eigenvalue weighted by molar-refractivity contribution is -0.127. The second-order valence-electron chi connectivity index (χ2n) is 5.53. The molecule has 6 heteroatoms. The first kappa shape index (κ1) is 16.4. The number of carbonyl (C=O) groups excluding carboxylic acids is 2. The Morgan fingerprint density at radius 2 is 1.72 bits per heavy atom. The Hall–Kier alpha value is -3.41. The van der Waals surface area contributed by atoms with Crippen molar-refractivity contribution < 1.29 is 14.3 Å². The van der Waals surface area contributed by atoms with Gasteiger partial charge in [0.2, 0.25) is 6.10 Å². The molecule has 0 radical (unpaired) electrons. The monoisotopic (exact) mass is 335 g/mol. The molecular formula is C19H17N3O3. The number of rotatable bonds is 5. The van der Waals surface area contributed by atoms with Crippen molar-refractivity contribution in [2.75, 3.05) is 0 Å². The minimum atomic E-state index is -1.12. The number of esters is 1. The third-order valence-electron chi connectivity index (χ3n) is 3.77. The van der Waals surface area contributed by atoms with Crippen molar-refractivity contribution in [1.82, 2.24) is 9.78 Å². The average Bonchev–Trinajstić information content (AvgIpc) is 3.06. The van der Waals surface area contributed by atoms with E-state index < -0.39 is 18.0 Å². The molecule has 3 aromatic rings. The van der Waals surface area contributed by atoms with Crippen LogP contribution in [-0.2, 0) is 9.53 Å². The van der Waals surface area contributed by atoms with E-state index in [1.54, 1.807) is 65.5 Å². The van der Waals surface area contributed by atoms with Gasteiger partial charge in [-0.2, -0.15) is 5.10 Å². The van der Waals surface area contributed by atoms with E-state index in [4.69, 9.17) is 10.5 Å². The summed E-state index contributed by atoms with van der Waals surface area (Å²) < 4.78 is 7.06. The highest BCUT2D eigenvalue weighted by Crippen LogP contribution is 2.19. The molecule has 25 heavy (non-hydrogen) atoms. The van der Waals surface area contributed by atoms with E-state index in [1.165, 1.54) is 0 Å². The summed E-state index contributed by atoms with van der Waals surface area (Å²) in [6.07, 6.45) is 0.580. The summed E-state index contributed by atoms with van der Waals surface area (Å²) in [6, 6.07) is 17.3. The molecule has 0 aliphatic carbocycles. The van der Waals surface area contributed by atoms with Crippen LogP contribution in [0.1, 0.15) is 27.7 Å². The summed E-state index contributed by atoms with van der Waals surface area (Å²) in [5, 5.41) is 4.21. The maximum Gasteiger partial charge on any atom is 0.339 e. The van der Waals surface area contributed by atoms with Crippen LogP contribution >= 0.6 is 0 Å². The third kappa shape index (κ3) is 3.58. The van der Waals surface area contributed by atoms with Crippen molar-refractivity contribution in [1.29, 1.82) is 0 Å². The van der Waals surface area contributed by atoms with Crippen molar-refractivity contribution in [3.05, 3.63) is 83.7 Å². The average molecular weight is 335 g/mol. The number of primary amides is 1. The van der Waals surface area contributed by atoms with E-state index in [-0.39, 0.29) is 0 Å². The van der Waals surface area contributed by atoms with Crippen molar-refractivity contribution in [3.8, 4) is 5.69 Å². The maximum atomic E-state index is 12.3. The topological polar surface area (TPSA) is 87.2 Å². The van der Waals surface area contributed by atoms with Crippen LogP contribution in [0.15, 0.2) is 66.9 Å². The number of amides is 1. The van der Waals surface area contributed by atoms with Gasteiger partial charge in [-0.1, -0.05) is 30.3 Å². The van der Waals surface area contributed by atoms with Crippen LogP contribution in [0.25, 0.3) is 5.69 Å². The number of nitrogens with zero attached hydrogens (tertiary/aromatic N) is 2. The minimum Gasteiger partial charge on any atom is -0.444 e. The standard InChI is InChI=1S/C19H17N3O3/c1-13-11-12-21-22(13)16-9-7-15(8-10-16)19(24)25-17(18(20)23)14-5-3-2-4-6-14/h2-12,17H,1H3,(H2,20,23)/t17-/m0/s1. The summed E-state index contributed by atoms with van der Waals surface area (Å²) in [4.78, 5) is 24.0. The lowest BCUT2D eigenvalue weighted by Crippen LogP contribution is -2.26. The van der Waals surface area contributed by atoms with Gasteiger partial charge in [-0.15, -0.1) is 0 Å². The smallest absolute Gasteiger partial charge is 0.339 e. The molecule has 2 N–H and O–H groups in total. The second-order valence-corrected chi connectivity index (χ2v) is 5.53. The number of benzene rings is 2. The van der Waals surface area contributed by atoms with Gasteiger partial charge >= 0.3 is 5.97 Å². The minimum absolute atomic E-state index is 0.329. The summed E-state index contributed by atoms with van der Waals surface area (Å²) in [6.45, 7) is 1.94. The van der Waals surface area contributed by atoms with Crippen molar-refractivity contribution in [3.63, 3.8) is 0 Å². The van der Waals surface area contributed by atoms with Gasteiger partial charge in [-0.05, 0) is 37.3 Å². The van der Waals surface area contributed by atoms with Crippen molar-refractivity contribution in [2.24, 2.45) is 5.73 Å². The van der Waals surface area contributed by atoms with Gasteiger partial charge in [0.1, 0.15) is 0 Å². The fourth-order valence-electron chi connectivity index (χ4n) is 2.47. The summed E-state index contributed by atoms with van der Waals surface area (Å²) in [7, 11) is 0. The first-order valence-electron chi connectivity index (χ1n) is 7.72. The number of nitrogens with two attached hydrogens (primary N) is 1. The molecule has 1 aromatic heterocycles. The third-order valence-corrected chi connectivity index (χ3v) is 3.77. The van der Waals surface area contributed by atoms with Gasteiger partial charge in [0.05, 0.1) is 11.3 Å². The Kier molecular flexibility index (Phi) is 4.61. The van der Waals surface area contributed by atoms with E-state index in [0.29, 0.717) is 11.1 Å². The summed E-state index contributed by atoms with van der Waals surface area (Å²) in [5.74, 6) is -1.33. The molecule has 3 rings (SSSR count). The molecule has 6 nitrogen and oxygen atoms in total. The molecule has 2 aromatic carbocycles. The molecule has 0 aliphatic heterocycles. The van der Waals surface area contributed by atoms with E-state index in [1.807, 2.05) is 13.0 Å². The van der Waals surface area contributed by atoms with Crippen LogP contribution in [0.5, 0.6) is 0 Å². The fourth-order valence-corrected chi connectivity index (χ4v) is 2.47. The molecule has 0 unspecified atom stereocenters. The van der Waals surface area contributed by atoms with Gasteiger partial charge in [0.25, 0.3) is 5.91 Å². The summed E-state index contributed by atoms with van der Waals surface area (Å²) in [5.41, 5.74) is 8.04. The highest BCUT2D eigenvalue weighted by Gasteiger charge is 2.23. The zero-order chi connectivity index (χ0) is 17.8. The molecule has 0 bridgehead atoms. The number of hydrogen-bond donors (Lipinski definition) is 1. The molecule has 1 heterocycles. The van der Waals surface area contributed by atoms with Gasteiger partial charge in [-0.3, -0.25) is 4.79 Å². The lowest BCUT2D eigenvalue weighted by atomic mass is 10.1. The van der Waals surface area contributed by atoms with E-state index >= 15 is 0 Å². The largest absolute Gasteiger partial charge is 0.444 e. The highest BCUT2D eigenvalue weighted by atomic mass is 16.5. The van der Waals surface area contributed by atoms with Gasteiger partial charge < -0.3 is 10.5 Å². The first-order valence-corrected chi connectivity index (χ1v) is 7.72. The number of carbonyl (C=O) groups is 2. The number of hydrogen-bond acceptors (Lipinski definition) is 4. The van der Waals surface area contributed by atoms with Crippen LogP contribution in [0.3, 0.4) is 0 Å². The predicted octanol–water partition coefficient (Wildman–Crippen LogP) is 2.56. The Bertz CT molecular complexity index is 886. The molecule has 0 saturated carbocycles. The molecule has 0 spiro atoms. The van der Waals surface area contributed by atoms with Crippen LogP contribution in [-0.4, -0.2) is 21.7 Å². The number of ether oxygens (including phenoxy) is 1. The Balaban J connectivity index is 1.78. The van der Waals surface area contributed by atoms with Crippen LogP contribution in [0, 0.1) is 6.92 Å². The lowest BCUT2D eigenvalue weighted by Gasteiger charge is -2.15. The van der Waals surface area contributed by atoms with E-state index in [0.717, 1.165) is 11.4 Å². The number of aromatic nitrogens is 2. The highest BCUT2D eigenvalue weighted by molar-refractivity contribution is 5.92. The molecule has 126 valence electrons. The number of aryl methyl sites for hydroxylation is 1. The molecule has 1 atom stereocenters. The van der Waals surface area contributed by atoms with Crippen LogP contribution in [0.2, 0.25) is 0 Å². The quantitative estimate of drug-likeness (QED) is 0.726. The molecule has 0 aliphatic rings. The van der Waals surface area contributed by atoms with Crippen molar-refractivity contribution >= 4 is 11.9 Å². The van der Waals surface area contributed by atoms with Crippen LogP contribution in [0.4, 0.5) is 0 Å². The van der Waals surface area contributed by atoms with E-state index in [9.17, 15) is 9.59 Å². The normalized spacial score (nSPS) is 11.7. The van der Waals surface area contributed by atoms with E-state index in [2.05, 4.69) is 5.10 Å². The fraction of sp³-hybridized carbons (Fsp3) is 0.105. The maximum absolute atomic E-state index is 12.3. The Labute approximate surface area is 144 Å².